The minimum atomic E-state index is -0.451. The fraction of sp³-hybridized carbons (Fsp3) is 0.946. The van der Waals surface area contributed by atoms with Crippen LogP contribution >= 0.6 is 0 Å². The molecule has 8 heteroatoms. The zero-order chi connectivity index (χ0) is 47.7. The van der Waals surface area contributed by atoms with Crippen LogP contribution in [0.3, 0.4) is 0 Å². The first kappa shape index (κ1) is 62.5. The Balaban J connectivity index is 0.00000209. The van der Waals surface area contributed by atoms with Gasteiger partial charge in [0.1, 0.15) is 6.29 Å². The standard InChI is InChI=1S/C41H79N3O4.C15H33N/c1-8-10-16-23-37(24-17-11-9-2)25-22-34-48-39(47)41(5,6)27-19-13-15-21-29-44(28-20-14-12-18-26-40(3,4)36-45)38(46)35-43-32-30-42(7)31-33-43;1-4-6-8-11-15(12-9-7-5-2)13-10-14-16-3/h36-37H,8-35H2,1-7H3;15-16H,4-14H2,1-3H3. The summed E-state index contributed by atoms with van der Waals surface area (Å²) < 4.78 is 5.79. The summed E-state index contributed by atoms with van der Waals surface area (Å²) in [7, 11) is 4.20. The number of ether oxygens (including phenoxy) is 1. The third-order valence-corrected chi connectivity index (χ3v) is 14.1. The topological polar surface area (TPSA) is 82.2 Å². The predicted octanol–water partition coefficient (Wildman–Crippen LogP) is 14.1. The smallest absolute Gasteiger partial charge is 0.311 e. The van der Waals surface area contributed by atoms with E-state index in [1.165, 1.54) is 129 Å². The normalized spacial score (nSPS) is 13.9. The summed E-state index contributed by atoms with van der Waals surface area (Å²) in [6.07, 6.45) is 38.1. The summed E-state index contributed by atoms with van der Waals surface area (Å²) in [6.45, 7) is 25.1. The Morgan fingerprint density at radius 3 is 1.48 bits per heavy atom. The molecular weight excluding hydrogens is 793 g/mol. The number of nitrogens with one attached hydrogen (secondary N) is 1. The highest BCUT2D eigenvalue weighted by atomic mass is 16.5. The molecule has 0 saturated carbocycles. The molecule has 1 heterocycles. The lowest BCUT2D eigenvalue weighted by molar-refractivity contribution is -0.154. The first-order valence-electron chi connectivity index (χ1n) is 27.8. The van der Waals surface area contributed by atoms with Gasteiger partial charge >= 0.3 is 5.97 Å². The van der Waals surface area contributed by atoms with Crippen molar-refractivity contribution in [1.82, 2.24) is 20.0 Å². The minimum absolute atomic E-state index is 0.0496. The monoisotopic (exact) mass is 905 g/mol. The second kappa shape index (κ2) is 41.7. The molecule has 1 aliphatic rings. The summed E-state index contributed by atoms with van der Waals surface area (Å²) in [4.78, 5) is 44.2. The van der Waals surface area contributed by atoms with Crippen molar-refractivity contribution in [3.8, 4) is 0 Å². The Morgan fingerprint density at radius 2 is 1.03 bits per heavy atom. The number of hydrogen-bond acceptors (Lipinski definition) is 7. The van der Waals surface area contributed by atoms with Gasteiger partial charge in [-0.3, -0.25) is 14.5 Å². The third-order valence-electron chi connectivity index (χ3n) is 14.1. The molecule has 1 N–H and O–H groups in total. The maximum absolute atomic E-state index is 13.4. The van der Waals surface area contributed by atoms with E-state index < -0.39 is 5.41 Å². The third kappa shape index (κ3) is 35.7. The number of carbonyl (C=O) groups is 3. The average molecular weight is 906 g/mol. The number of esters is 1. The molecule has 0 radical (unpaired) electrons. The lowest BCUT2D eigenvalue weighted by Crippen LogP contribution is -2.49. The summed E-state index contributed by atoms with van der Waals surface area (Å²) in [5.41, 5.74) is -0.683. The van der Waals surface area contributed by atoms with Crippen molar-refractivity contribution < 1.29 is 19.1 Å². The lowest BCUT2D eigenvalue weighted by atomic mass is 9.87. The van der Waals surface area contributed by atoms with Crippen LogP contribution in [-0.4, -0.2) is 106 Å². The molecule has 0 aromatic rings. The maximum Gasteiger partial charge on any atom is 0.311 e. The number of rotatable bonds is 42. The number of hydrogen-bond donors (Lipinski definition) is 1. The van der Waals surface area contributed by atoms with Crippen LogP contribution in [-0.2, 0) is 19.1 Å². The predicted molar refractivity (Wildman–Crippen MR) is 277 cm³/mol. The molecule has 0 aromatic heterocycles. The zero-order valence-electron chi connectivity index (χ0n) is 44.8. The van der Waals surface area contributed by atoms with Crippen molar-refractivity contribution in [2.75, 3.05) is 73.1 Å². The Bertz CT molecular complexity index is 1040. The summed E-state index contributed by atoms with van der Waals surface area (Å²) >= 11 is 0. The molecule has 1 amide bonds. The van der Waals surface area contributed by atoms with Crippen molar-refractivity contribution in [2.24, 2.45) is 22.7 Å². The molecule has 64 heavy (non-hydrogen) atoms. The fourth-order valence-corrected chi connectivity index (χ4v) is 9.18. The highest BCUT2D eigenvalue weighted by Crippen LogP contribution is 2.28. The number of aldehydes is 1. The van der Waals surface area contributed by atoms with Crippen molar-refractivity contribution in [3.05, 3.63) is 0 Å². The SMILES string of the molecule is CCCCCC(CCCCC)CCCNC.CCCCCC(CCCCC)CCCOC(=O)C(C)(C)CCCCCCN(CCCCCCC(C)(C)C=O)C(=O)CN1CCN(C)CC1. The largest absolute Gasteiger partial charge is 0.465 e. The van der Waals surface area contributed by atoms with Gasteiger partial charge in [-0.1, -0.05) is 183 Å². The molecule has 0 spiro atoms. The van der Waals surface area contributed by atoms with E-state index in [-0.39, 0.29) is 17.3 Å². The Kier molecular flexibility index (Phi) is 40.7. The van der Waals surface area contributed by atoms with E-state index in [0.29, 0.717) is 13.2 Å². The zero-order valence-corrected chi connectivity index (χ0v) is 44.8. The van der Waals surface area contributed by atoms with Crippen LogP contribution in [0.4, 0.5) is 0 Å². The van der Waals surface area contributed by atoms with Crippen molar-refractivity contribution in [2.45, 2.75) is 248 Å². The van der Waals surface area contributed by atoms with Gasteiger partial charge in [0.2, 0.25) is 5.91 Å². The van der Waals surface area contributed by atoms with Gasteiger partial charge in [0, 0.05) is 44.7 Å². The van der Waals surface area contributed by atoms with Crippen LogP contribution in [0.15, 0.2) is 0 Å². The van der Waals surface area contributed by atoms with Crippen LogP contribution < -0.4 is 5.32 Å². The quantitative estimate of drug-likeness (QED) is 0.0371. The van der Waals surface area contributed by atoms with Crippen LogP contribution in [0.5, 0.6) is 0 Å². The number of likely N-dealkylation sites (N-methyl/N-ethyl adjacent to an activating group) is 1. The average Bonchev–Trinajstić information content (AvgIpc) is 3.27. The minimum Gasteiger partial charge on any atom is -0.465 e. The highest BCUT2D eigenvalue weighted by Gasteiger charge is 2.29. The van der Waals surface area contributed by atoms with Gasteiger partial charge in [0.25, 0.3) is 0 Å². The van der Waals surface area contributed by atoms with Crippen molar-refractivity contribution >= 4 is 18.2 Å². The highest BCUT2D eigenvalue weighted by molar-refractivity contribution is 5.78. The first-order valence-corrected chi connectivity index (χ1v) is 27.8. The van der Waals surface area contributed by atoms with Crippen LogP contribution in [0, 0.1) is 22.7 Å². The van der Waals surface area contributed by atoms with Crippen LogP contribution in [0.1, 0.15) is 248 Å². The second-order valence-electron chi connectivity index (χ2n) is 21.5. The molecule has 1 fully saturated rings. The molecule has 0 unspecified atom stereocenters. The van der Waals surface area contributed by atoms with Gasteiger partial charge in [0.05, 0.1) is 18.6 Å². The van der Waals surface area contributed by atoms with Gasteiger partial charge in [-0.25, -0.2) is 0 Å². The van der Waals surface area contributed by atoms with E-state index in [1.807, 2.05) is 27.7 Å². The van der Waals surface area contributed by atoms with E-state index in [9.17, 15) is 14.4 Å². The first-order chi connectivity index (χ1) is 30.8. The number of nitrogens with zero attached hydrogens (tertiary/aromatic N) is 3. The molecule has 1 rings (SSSR count). The van der Waals surface area contributed by atoms with Crippen LogP contribution in [0.2, 0.25) is 0 Å². The molecule has 0 aromatic carbocycles. The number of carbonyl (C=O) groups excluding carboxylic acids is 3. The van der Waals surface area contributed by atoms with Crippen molar-refractivity contribution in [1.29, 1.82) is 0 Å². The fourth-order valence-electron chi connectivity index (χ4n) is 9.18. The maximum atomic E-state index is 13.4. The van der Waals surface area contributed by atoms with Gasteiger partial charge in [-0.15, -0.1) is 0 Å². The number of piperazine rings is 1. The summed E-state index contributed by atoms with van der Waals surface area (Å²) in [5.74, 6) is 2.00. The Hall–Kier alpha value is -1.51. The molecule has 1 aliphatic heterocycles. The van der Waals surface area contributed by atoms with Gasteiger partial charge in [-0.2, -0.15) is 0 Å². The molecule has 1 saturated heterocycles. The second-order valence-corrected chi connectivity index (χ2v) is 21.5. The van der Waals surface area contributed by atoms with Crippen LogP contribution in [0.25, 0.3) is 0 Å². The number of unbranched alkanes of at least 4 members (excludes halogenated alkanes) is 14. The lowest BCUT2D eigenvalue weighted by Gasteiger charge is -2.33. The van der Waals surface area contributed by atoms with Gasteiger partial charge in [0.15, 0.2) is 0 Å². The Labute approximate surface area is 399 Å². The van der Waals surface area contributed by atoms with E-state index in [0.717, 1.165) is 128 Å². The van der Waals surface area contributed by atoms with Gasteiger partial charge < -0.3 is 24.6 Å². The van der Waals surface area contributed by atoms with Gasteiger partial charge in [-0.05, 0) is 97.7 Å². The molecule has 0 aliphatic carbocycles. The summed E-state index contributed by atoms with van der Waals surface area (Å²) in [5, 5.41) is 3.26. The molecular formula is C56H112N4O4. The molecule has 0 bridgehead atoms. The molecule has 0 atom stereocenters. The van der Waals surface area contributed by atoms with E-state index in [4.69, 9.17) is 4.74 Å². The van der Waals surface area contributed by atoms with E-state index in [2.05, 4.69) is 61.8 Å². The van der Waals surface area contributed by atoms with E-state index >= 15 is 0 Å². The number of amides is 1. The van der Waals surface area contributed by atoms with Crippen molar-refractivity contribution in [3.63, 3.8) is 0 Å². The van der Waals surface area contributed by atoms with E-state index in [1.54, 1.807) is 0 Å². The molecule has 380 valence electrons. The molecule has 8 nitrogen and oxygen atoms in total. The Morgan fingerprint density at radius 1 is 0.594 bits per heavy atom. The summed E-state index contributed by atoms with van der Waals surface area (Å²) in [6, 6.07) is 0.